The van der Waals surface area contributed by atoms with Gasteiger partial charge in [-0.05, 0) is 24.6 Å². The Morgan fingerprint density at radius 1 is 1.38 bits per heavy atom. The van der Waals surface area contributed by atoms with Crippen LogP contribution in [0.5, 0.6) is 11.5 Å². The topological polar surface area (TPSA) is 36.3 Å². The molecule has 0 saturated heterocycles. The third kappa shape index (κ3) is 3.52. The zero-order chi connectivity index (χ0) is 15.4. The summed E-state index contributed by atoms with van der Waals surface area (Å²) in [5.74, 6) is 1.62. The zero-order valence-electron chi connectivity index (χ0n) is 12.3. The molecule has 2 rings (SSSR count). The lowest BCUT2D eigenvalue weighted by Crippen LogP contribution is -2.04. The number of methoxy groups -OCH3 is 1. The molecule has 1 aromatic heterocycles. The Kier molecular flexibility index (Phi) is 5.53. The number of hydrogen-bond donors (Lipinski definition) is 0. The molecule has 0 aliphatic heterocycles. The first kappa shape index (κ1) is 16.2. The molecule has 0 spiro atoms. The molecule has 0 aliphatic carbocycles. The Bertz CT molecular complexity index is 628. The van der Waals surface area contributed by atoms with Crippen LogP contribution >= 0.6 is 27.5 Å². The molecule has 0 fully saturated rings. The van der Waals surface area contributed by atoms with Gasteiger partial charge in [0.2, 0.25) is 0 Å². The summed E-state index contributed by atoms with van der Waals surface area (Å²) in [6.45, 7) is 2.42. The molecule has 0 atom stereocenters. The van der Waals surface area contributed by atoms with E-state index in [1.165, 1.54) is 0 Å². The van der Waals surface area contributed by atoms with E-state index in [0.717, 1.165) is 34.9 Å². The molecular weight excluding hydrogens is 356 g/mol. The van der Waals surface area contributed by atoms with E-state index in [0.29, 0.717) is 17.0 Å². The van der Waals surface area contributed by atoms with E-state index in [9.17, 15) is 0 Å². The number of rotatable bonds is 6. The van der Waals surface area contributed by atoms with E-state index in [1.807, 2.05) is 32.2 Å². The van der Waals surface area contributed by atoms with Gasteiger partial charge in [-0.3, -0.25) is 4.68 Å². The molecule has 0 radical (unpaired) electrons. The summed E-state index contributed by atoms with van der Waals surface area (Å²) in [4.78, 5) is 0. The number of benzene rings is 1. The average Bonchev–Trinajstić information content (AvgIpc) is 2.79. The van der Waals surface area contributed by atoms with Crippen molar-refractivity contribution in [2.75, 3.05) is 7.11 Å². The Morgan fingerprint density at radius 3 is 2.71 bits per heavy atom. The first-order valence-electron chi connectivity index (χ1n) is 6.66. The van der Waals surface area contributed by atoms with Crippen LogP contribution in [0.1, 0.15) is 23.9 Å². The number of hydrogen-bond acceptors (Lipinski definition) is 3. The van der Waals surface area contributed by atoms with Gasteiger partial charge in [0.15, 0.2) is 0 Å². The van der Waals surface area contributed by atoms with Crippen LogP contribution in [0.25, 0.3) is 0 Å². The van der Waals surface area contributed by atoms with E-state index in [2.05, 4.69) is 21.0 Å². The summed E-state index contributed by atoms with van der Waals surface area (Å²) in [5.41, 5.74) is 2.81. The lowest BCUT2D eigenvalue weighted by Gasteiger charge is -2.12. The molecule has 0 bridgehead atoms. The molecule has 0 amide bonds. The van der Waals surface area contributed by atoms with E-state index < -0.39 is 0 Å². The van der Waals surface area contributed by atoms with Gasteiger partial charge in [-0.15, -0.1) is 0 Å². The van der Waals surface area contributed by atoms with Crippen LogP contribution in [0.2, 0.25) is 5.02 Å². The van der Waals surface area contributed by atoms with Crippen LogP contribution in [-0.2, 0) is 25.4 Å². The van der Waals surface area contributed by atoms with Gasteiger partial charge in [0, 0.05) is 17.9 Å². The van der Waals surface area contributed by atoms with Crippen molar-refractivity contribution in [3.63, 3.8) is 0 Å². The van der Waals surface area contributed by atoms with Crippen molar-refractivity contribution < 1.29 is 9.47 Å². The highest BCUT2D eigenvalue weighted by Gasteiger charge is 2.14. The predicted octanol–water partition coefficient (Wildman–Crippen LogP) is 4.12. The van der Waals surface area contributed by atoms with Crippen molar-refractivity contribution in [3.05, 3.63) is 40.2 Å². The second-order valence-corrected chi connectivity index (χ2v) is 5.52. The van der Waals surface area contributed by atoms with Gasteiger partial charge in [-0.2, -0.15) is 5.10 Å². The van der Waals surface area contributed by atoms with Gasteiger partial charge in [0.05, 0.1) is 23.5 Å². The average molecular weight is 374 g/mol. The molecule has 6 heteroatoms. The monoisotopic (exact) mass is 372 g/mol. The number of aryl methyl sites for hydroxylation is 2. The minimum Gasteiger partial charge on any atom is -0.497 e. The molecule has 0 N–H and O–H groups in total. The quantitative estimate of drug-likeness (QED) is 0.715. The van der Waals surface area contributed by atoms with E-state index >= 15 is 0 Å². The minimum atomic E-state index is 0.384. The summed E-state index contributed by atoms with van der Waals surface area (Å²) in [5, 5.41) is 5.77. The smallest absolute Gasteiger partial charge is 0.131 e. The SMILES string of the molecule is CCc1nn(C)c(COc2ccc(OC)cc2CBr)c1Cl. The highest BCUT2D eigenvalue weighted by Crippen LogP contribution is 2.28. The summed E-state index contributed by atoms with van der Waals surface area (Å²) in [6, 6.07) is 5.73. The fourth-order valence-electron chi connectivity index (χ4n) is 2.05. The fraction of sp³-hybridized carbons (Fsp3) is 0.400. The van der Waals surface area contributed by atoms with Crippen LogP contribution in [0.3, 0.4) is 0 Å². The number of halogens is 2. The molecule has 1 aromatic carbocycles. The lowest BCUT2D eigenvalue weighted by molar-refractivity contribution is 0.292. The van der Waals surface area contributed by atoms with Crippen LogP contribution in [0.15, 0.2) is 18.2 Å². The Balaban J connectivity index is 2.18. The maximum Gasteiger partial charge on any atom is 0.131 e. The molecule has 21 heavy (non-hydrogen) atoms. The second-order valence-electron chi connectivity index (χ2n) is 4.58. The fourth-order valence-corrected chi connectivity index (χ4v) is 2.84. The summed E-state index contributed by atoms with van der Waals surface area (Å²) < 4.78 is 12.9. The molecule has 0 aliphatic rings. The van der Waals surface area contributed by atoms with Crippen LogP contribution in [0.4, 0.5) is 0 Å². The van der Waals surface area contributed by atoms with Gasteiger partial charge in [0.1, 0.15) is 18.1 Å². The third-order valence-corrected chi connectivity index (χ3v) is 4.32. The zero-order valence-corrected chi connectivity index (χ0v) is 14.7. The number of ether oxygens (including phenoxy) is 2. The standard InChI is InChI=1S/C15H18BrClN2O2/c1-4-12-15(17)13(19(2)18-12)9-21-14-6-5-11(20-3)7-10(14)8-16/h5-7H,4,8-9H2,1-3H3. The Hall–Kier alpha value is -1.20. The minimum absolute atomic E-state index is 0.384. The maximum absolute atomic E-state index is 6.32. The molecule has 1 heterocycles. The van der Waals surface area contributed by atoms with Crippen LogP contribution in [0, 0.1) is 0 Å². The Morgan fingerprint density at radius 2 is 2.14 bits per heavy atom. The number of aromatic nitrogens is 2. The molecular formula is C15H18BrClN2O2. The van der Waals surface area contributed by atoms with Gasteiger partial charge >= 0.3 is 0 Å². The van der Waals surface area contributed by atoms with Crippen molar-refractivity contribution >= 4 is 27.5 Å². The van der Waals surface area contributed by atoms with Gasteiger partial charge < -0.3 is 9.47 Å². The van der Waals surface area contributed by atoms with Crippen molar-refractivity contribution in [2.24, 2.45) is 7.05 Å². The van der Waals surface area contributed by atoms with Crippen LogP contribution in [-0.4, -0.2) is 16.9 Å². The molecule has 2 aromatic rings. The van der Waals surface area contributed by atoms with Gasteiger partial charge in [-0.25, -0.2) is 0 Å². The highest BCUT2D eigenvalue weighted by molar-refractivity contribution is 9.08. The van der Waals surface area contributed by atoms with Crippen molar-refractivity contribution in [3.8, 4) is 11.5 Å². The molecule has 0 saturated carbocycles. The number of alkyl halides is 1. The first-order chi connectivity index (χ1) is 10.1. The highest BCUT2D eigenvalue weighted by atomic mass is 79.9. The molecule has 0 unspecified atom stereocenters. The summed E-state index contributed by atoms with van der Waals surface area (Å²) in [7, 11) is 3.53. The number of nitrogens with zero attached hydrogens (tertiary/aromatic N) is 2. The Labute approximate surface area is 138 Å². The second kappa shape index (κ2) is 7.18. The predicted molar refractivity (Wildman–Crippen MR) is 87.6 cm³/mol. The van der Waals surface area contributed by atoms with Gasteiger partial charge in [-0.1, -0.05) is 34.5 Å². The van der Waals surface area contributed by atoms with E-state index in [4.69, 9.17) is 21.1 Å². The van der Waals surface area contributed by atoms with Crippen molar-refractivity contribution in [2.45, 2.75) is 25.3 Å². The largest absolute Gasteiger partial charge is 0.497 e. The van der Waals surface area contributed by atoms with E-state index in [1.54, 1.807) is 11.8 Å². The molecule has 4 nitrogen and oxygen atoms in total. The molecule has 114 valence electrons. The van der Waals surface area contributed by atoms with Crippen molar-refractivity contribution in [1.82, 2.24) is 9.78 Å². The van der Waals surface area contributed by atoms with Crippen LogP contribution < -0.4 is 9.47 Å². The maximum atomic E-state index is 6.32. The summed E-state index contributed by atoms with van der Waals surface area (Å²) in [6.07, 6.45) is 0.807. The summed E-state index contributed by atoms with van der Waals surface area (Å²) >= 11 is 9.79. The van der Waals surface area contributed by atoms with Crippen molar-refractivity contribution in [1.29, 1.82) is 0 Å². The normalized spacial score (nSPS) is 10.7. The first-order valence-corrected chi connectivity index (χ1v) is 8.16. The van der Waals surface area contributed by atoms with E-state index in [-0.39, 0.29) is 0 Å². The lowest BCUT2D eigenvalue weighted by atomic mass is 10.2. The third-order valence-electron chi connectivity index (χ3n) is 3.28. The van der Waals surface area contributed by atoms with Gasteiger partial charge in [0.25, 0.3) is 0 Å².